The van der Waals surface area contributed by atoms with E-state index in [1.54, 1.807) is 25.1 Å². The number of benzene rings is 3. The Kier molecular flexibility index (Phi) is 7.12. The van der Waals surface area contributed by atoms with Crippen LogP contribution in [0.2, 0.25) is 5.02 Å². The molecule has 0 radical (unpaired) electrons. The number of nitrogens with zero attached hydrogens (tertiary/aromatic N) is 1. The molecule has 1 N–H and O–H groups in total. The van der Waals surface area contributed by atoms with Crippen LogP contribution in [-0.4, -0.2) is 19.2 Å². The monoisotopic (exact) mass is 410 g/mol. The Labute approximate surface area is 173 Å². The second kappa shape index (κ2) is 9.97. The van der Waals surface area contributed by atoms with Crippen molar-refractivity contribution in [3.05, 3.63) is 88.9 Å². The van der Waals surface area contributed by atoms with Gasteiger partial charge in [0.05, 0.1) is 19.7 Å². The molecule has 0 saturated carbocycles. The van der Waals surface area contributed by atoms with Crippen LogP contribution in [0.25, 0.3) is 0 Å². The molecule has 0 atom stereocenters. The Bertz CT molecular complexity index is 940. The summed E-state index contributed by atoms with van der Waals surface area (Å²) in [5.74, 6) is 0.594. The number of hydrogen-bond donors (Lipinski definition) is 1. The standard InChI is InChI=1S/C22H19ClN2O2S/c1-27-19-8-2-16(3-9-19)14-22(26)25-24-15-17-4-10-20(11-5-17)28-21-12-6-18(23)7-13-21/h2-13,15H,14H2,1H3,(H,25,26)/b24-15+. The van der Waals surface area contributed by atoms with Crippen molar-refractivity contribution in [1.82, 2.24) is 5.43 Å². The highest BCUT2D eigenvalue weighted by atomic mass is 35.5. The molecule has 0 aliphatic carbocycles. The molecule has 1 amide bonds. The topological polar surface area (TPSA) is 50.7 Å². The lowest BCUT2D eigenvalue weighted by atomic mass is 10.1. The number of rotatable bonds is 7. The molecule has 142 valence electrons. The van der Waals surface area contributed by atoms with Gasteiger partial charge in [0.15, 0.2) is 0 Å². The molecule has 3 rings (SSSR count). The molecular weight excluding hydrogens is 392 g/mol. The second-order valence-electron chi connectivity index (χ2n) is 5.94. The van der Waals surface area contributed by atoms with E-state index in [4.69, 9.17) is 16.3 Å². The molecule has 0 fully saturated rings. The number of hydrogen-bond acceptors (Lipinski definition) is 4. The Morgan fingerprint density at radius 3 is 2.21 bits per heavy atom. The average Bonchev–Trinajstić information content (AvgIpc) is 2.71. The number of halogens is 1. The van der Waals surface area contributed by atoms with E-state index in [1.165, 1.54) is 0 Å². The Balaban J connectivity index is 1.49. The van der Waals surface area contributed by atoms with Gasteiger partial charge in [0.2, 0.25) is 5.91 Å². The molecule has 6 heteroatoms. The van der Waals surface area contributed by atoms with Crippen LogP contribution in [0.4, 0.5) is 0 Å². The maximum atomic E-state index is 12.0. The van der Waals surface area contributed by atoms with Crippen molar-refractivity contribution in [2.24, 2.45) is 5.10 Å². The van der Waals surface area contributed by atoms with E-state index in [-0.39, 0.29) is 12.3 Å². The predicted octanol–water partition coefficient (Wildman–Crippen LogP) is 5.19. The van der Waals surface area contributed by atoms with Crippen LogP contribution >= 0.6 is 23.4 Å². The molecule has 28 heavy (non-hydrogen) atoms. The van der Waals surface area contributed by atoms with Gasteiger partial charge < -0.3 is 4.74 Å². The summed E-state index contributed by atoms with van der Waals surface area (Å²) in [5, 5.41) is 4.75. The van der Waals surface area contributed by atoms with Crippen molar-refractivity contribution in [2.45, 2.75) is 16.2 Å². The highest BCUT2D eigenvalue weighted by Crippen LogP contribution is 2.28. The van der Waals surface area contributed by atoms with Crippen LogP contribution in [-0.2, 0) is 11.2 Å². The van der Waals surface area contributed by atoms with Gasteiger partial charge in [-0.05, 0) is 59.7 Å². The zero-order chi connectivity index (χ0) is 19.8. The summed E-state index contributed by atoms with van der Waals surface area (Å²) in [7, 11) is 1.61. The minimum absolute atomic E-state index is 0.170. The van der Waals surface area contributed by atoms with Gasteiger partial charge in [-0.3, -0.25) is 4.79 Å². The van der Waals surface area contributed by atoms with E-state index in [0.717, 1.165) is 31.7 Å². The van der Waals surface area contributed by atoms with E-state index in [0.29, 0.717) is 0 Å². The largest absolute Gasteiger partial charge is 0.497 e. The number of carbonyl (C=O) groups is 1. The Hall–Kier alpha value is -2.76. The zero-order valence-electron chi connectivity index (χ0n) is 15.3. The number of hydrazone groups is 1. The first-order chi connectivity index (χ1) is 13.6. The molecule has 3 aromatic carbocycles. The first kappa shape index (κ1) is 20.0. The average molecular weight is 411 g/mol. The number of carbonyl (C=O) groups excluding carboxylic acids is 1. The summed E-state index contributed by atoms with van der Waals surface area (Å²) < 4.78 is 5.10. The first-order valence-electron chi connectivity index (χ1n) is 8.61. The lowest BCUT2D eigenvalue weighted by Gasteiger charge is -2.03. The minimum atomic E-state index is -0.170. The normalized spacial score (nSPS) is 10.8. The third-order valence-electron chi connectivity index (χ3n) is 3.86. The van der Waals surface area contributed by atoms with Crippen LogP contribution in [0.3, 0.4) is 0 Å². The second-order valence-corrected chi connectivity index (χ2v) is 7.53. The Morgan fingerprint density at radius 2 is 1.61 bits per heavy atom. The fourth-order valence-corrected chi connectivity index (χ4v) is 3.35. The minimum Gasteiger partial charge on any atom is -0.497 e. The number of ether oxygens (including phenoxy) is 1. The fourth-order valence-electron chi connectivity index (χ4n) is 2.41. The van der Waals surface area contributed by atoms with Crippen molar-refractivity contribution >= 4 is 35.5 Å². The maximum absolute atomic E-state index is 12.0. The fraction of sp³-hybridized carbons (Fsp3) is 0.0909. The molecule has 0 aliphatic heterocycles. The van der Waals surface area contributed by atoms with Gasteiger partial charge >= 0.3 is 0 Å². The first-order valence-corrected chi connectivity index (χ1v) is 9.80. The van der Waals surface area contributed by atoms with Crippen molar-refractivity contribution in [3.8, 4) is 5.75 Å². The van der Waals surface area contributed by atoms with E-state index in [2.05, 4.69) is 10.5 Å². The molecule has 0 aromatic heterocycles. The van der Waals surface area contributed by atoms with Crippen LogP contribution in [0.1, 0.15) is 11.1 Å². The molecular formula is C22H19ClN2O2S. The SMILES string of the molecule is COc1ccc(CC(=O)N/N=C/c2ccc(Sc3ccc(Cl)cc3)cc2)cc1. The van der Waals surface area contributed by atoms with Crippen molar-refractivity contribution in [1.29, 1.82) is 0 Å². The summed E-state index contributed by atoms with van der Waals surface area (Å²) in [6, 6.07) is 23.0. The van der Waals surface area contributed by atoms with E-state index in [9.17, 15) is 4.79 Å². The molecule has 0 heterocycles. The van der Waals surface area contributed by atoms with Crippen molar-refractivity contribution < 1.29 is 9.53 Å². The number of amides is 1. The highest BCUT2D eigenvalue weighted by molar-refractivity contribution is 7.99. The maximum Gasteiger partial charge on any atom is 0.244 e. The number of methoxy groups -OCH3 is 1. The third kappa shape index (κ3) is 6.15. The zero-order valence-corrected chi connectivity index (χ0v) is 16.8. The van der Waals surface area contributed by atoms with Gasteiger partial charge in [0, 0.05) is 14.8 Å². The van der Waals surface area contributed by atoms with E-state index >= 15 is 0 Å². The Morgan fingerprint density at radius 1 is 1.00 bits per heavy atom. The third-order valence-corrected chi connectivity index (χ3v) is 5.12. The molecule has 3 aromatic rings. The van der Waals surface area contributed by atoms with Gasteiger partial charge in [0.1, 0.15) is 5.75 Å². The van der Waals surface area contributed by atoms with Crippen LogP contribution < -0.4 is 10.2 Å². The molecule has 0 aliphatic rings. The summed E-state index contributed by atoms with van der Waals surface area (Å²) in [4.78, 5) is 14.2. The van der Waals surface area contributed by atoms with Crippen LogP contribution in [0, 0.1) is 0 Å². The van der Waals surface area contributed by atoms with Crippen molar-refractivity contribution in [2.75, 3.05) is 7.11 Å². The highest BCUT2D eigenvalue weighted by Gasteiger charge is 2.02. The lowest BCUT2D eigenvalue weighted by Crippen LogP contribution is -2.19. The summed E-state index contributed by atoms with van der Waals surface area (Å²) in [5.41, 5.74) is 4.36. The van der Waals surface area contributed by atoms with Gasteiger partial charge in [-0.2, -0.15) is 5.10 Å². The molecule has 0 saturated heterocycles. The van der Waals surface area contributed by atoms with Crippen LogP contribution in [0.15, 0.2) is 87.7 Å². The van der Waals surface area contributed by atoms with Gasteiger partial charge in [-0.15, -0.1) is 0 Å². The van der Waals surface area contributed by atoms with Crippen LogP contribution in [0.5, 0.6) is 5.75 Å². The molecule has 0 spiro atoms. The molecule has 0 unspecified atom stereocenters. The smallest absolute Gasteiger partial charge is 0.244 e. The van der Waals surface area contributed by atoms with E-state index in [1.807, 2.05) is 72.8 Å². The van der Waals surface area contributed by atoms with E-state index < -0.39 is 0 Å². The molecule has 4 nitrogen and oxygen atoms in total. The molecule has 0 bridgehead atoms. The van der Waals surface area contributed by atoms with Gasteiger partial charge in [-0.1, -0.05) is 47.6 Å². The summed E-state index contributed by atoms with van der Waals surface area (Å²) in [6.45, 7) is 0. The predicted molar refractivity (Wildman–Crippen MR) is 114 cm³/mol. The van der Waals surface area contributed by atoms with Crippen molar-refractivity contribution in [3.63, 3.8) is 0 Å². The van der Waals surface area contributed by atoms with Gasteiger partial charge in [0.25, 0.3) is 0 Å². The van der Waals surface area contributed by atoms with Gasteiger partial charge in [-0.25, -0.2) is 5.43 Å². The quantitative estimate of drug-likeness (QED) is 0.430. The summed E-state index contributed by atoms with van der Waals surface area (Å²) in [6.07, 6.45) is 1.89. The summed E-state index contributed by atoms with van der Waals surface area (Å²) >= 11 is 7.56. The lowest BCUT2D eigenvalue weighted by molar-refractivity contribution is -0.120. The number of nitrogens with one attached hydrogen (secondary N) is 1.